The lowest BCUT2D eigenvalue weighted by Crippen LogP contribution is -2.39. The molecular formula is C35H34N6O5S3. The molecule has 0 unspecified atom stereocenters. The van der Waals surface area contributed by atoms with Crippen LogP contribution in [0.1, 0.15) is 16.7 Å². The number of carbonyl (C=O) groups excluding carboxylic acids is 1. The van der Waals surface area contributed by atoms with Crippen molar-refractivity contribution in [3.8, 4) is 0 Å². The van der Waals surface area contributed by atoms with Crippen molar-refractivity contribution in [1.82, 2.24) is 4.90 Å². The van der Waals surface area contributed by atoms with Gasteiger partial charge in [0.2, 0.25) is 21.9 Å². The Hall–Kier alpha value is -5.15. The van der Waals surface area contributed by atoms with E-state index in [9.17, 15) is 21.6 Å². The number of nitrogens with two attached hydrogens (primary N) is 2. The minimum Gasteiger partial charge on any atom is -0.369 e. The van der Waals surface area contributed by atoms with Crippen LogP contribution in [-0.4, -0.2) is 47.2 Å². The Kier molecular flexibility index (Phi) is 10.7. The molecule has 252 valence electrons. The summed E-state index contributed by atoms with van der Waals surface area (Å²) in [5, 5.41) is 7.88. The average molecular weight is 715 g/mol. The van der Waals surface area contributed by atoms with E-state index in [2.05, 4.69) is 10.0 Å². The van der Waals surface area contributed by atoms with Crippen LogP contribution in [0.4, 0.5) is 11.4 Å². The van der Waals surface area contributed by atoms with Gasteiger partial charge in [0, 0.05) is 12.7 Å². The minimum atomic E-state index is -4.07. The Labute approximate surface area is 290 Å². The Morgan fingerprint density at radius 1 is 0.714 bits per heavy atom. The fourth-order valence-corrected chi connectivity index (χ4v) is 7.73. The van der Waals surface area contributed by atoms with Gasteiger partial charge in [-0.25, -0.2) is 22.0 Å². The van der Waals surface area contributed by atoms with Gasteiger partial charge in [-0.1, -0.05) is 97.1 Å². The highest BCUT2D eigenvalue weighted by atomic mass is 32.2. The van der Waals surface area contributed by atoms with Crippen LogP contribution in [0.5, 0.6) is 0 Å². The summed E-state index contributed by atoms with van der Waals surface area (Å²) in [5.74, 6) is -0.272. The molecule has 5 rings (SSSR count). The maximum atomic E-state index is 13.0. The van der Waals surface area contributed by atoms with E-state index in [-0.39, 0.29) is 28.0 Å². The molecular weight excluding hydrogens is 681 g/mol. The molecule has 0 bridgehead atoms. The summed E-state index contributed by atoms with van der Waals surface area (Å²) in [5.41, 5.74) is 9.83. The Morgan fingerprint density at radius 2 is 1.22 bits per heavy atom. The molecule has 0 aliphatic carbocycles. The van der Waals surface area contributed by atoms with Crippen LogP contribution in [0, 0.1) is 0 Å². The maximum absolute atomic E-state index is 13.0. The van der Waals surface area contributed by atoms with Crippen LogP contribution >= 0.6 is 11.9 Å². The third kappa shape index (κ3) is 8.48. The van der Waals surface area contributed by atoms with Crippen molar-refractivity contribution in [2.75, 3.05) is 23.6 Å². The van der Waals surface area contributed by atoms with Crippen LogP contribution in [0.2, 0.25) is 0 Å². The topological polar surface area (TPSA) is 177 Å². The zero-order chi connectivity index (χ0) is 35.1. The van der Waals surface area contributed by atoms with Gasteiger partial charge in [-0.3, -0.25) is 9.52 Å². The van der Waals surface area contributed by atoms with Gasteiger partial charge < -0.3 is 16.0 Å². The van der Waals surface area contributed by atoms with Crippen molar-refractivity contribution in [3.05, 3.63) is 156 Å². The number of primary sulfonamides is 1. The Bertz CT molecular complexity index is 2050. The molecule has 0 aliphatic heterocycles. The molecule has 14 heteroatoms. The molecule has 5 aromatic rings. The summed E-state index contributed by atoms with van der Waals surface area (Å²) in [6.45, 7) is -0.132. The first-order valence-corrected chi connectivity index (χ1v) is 18.6. The van der Waals surface area contributed by atoms with E-state index in [4.69, 9.17) is 15.3 Å². The second kappa shape index (κ2) is 15.0. The largest absolute Gasteiger partial charge is 0.369 e. The number of benzene rings is 5. The van der Waals surface area contributed by atoms with E-state index in [1.165, 1.54) is 59.3 Å². The summed E-state index contributed by atoms with van der Waals surface area (Å²) in [4.78, 5) is 14.2. The Morgan fingerprint density at radius 3 is 1.71 bits per heavy atom. The number of guanidine groups is 1. The molecule has 5 aromatic carbocycles. The van der Waals surface area contributed by atoms with Gasteiger partial charge >= 0.3 is 0 Å². The fraction of sp³-hybridized carbons (Fsp3) is 0.0857. The third-order valence-corrected chi connectivity index (χ3v) is 11.0. The smallest absolute Gasteiger partial charge is 0.261 e. The van der Waals surface area contributed by atoms with Crippen LogP contribution in [0.3, 0.4) is 0 Å². The van der Waals surface area contributed by atoms with Crippen molar-refractivity contribution in [2.45, 2.75) is 14.5 Å². The molecule has 0 saturated carbocycles. The first-order valence-electron chi connectivity index (χ1n) is 14.8. The van der Waals surface area contributed by atoms with Gasteiger partial charge in [0.05, 0.1) is 22.0 Å². The van der Waals surface area contributed by atoms with Crippen molar-refractivity contribution >= 4 is 55.2 Å². The first-order chi connectivity index (χ1) is 23.4. The van der Waals surface area contributed by atoms with Crippen LogP contribution in [-0.2, 0) is 29.6 Å². The lowest BCUT2D eigenvalue weighted by molar-refractivity contribution is -0.116. The standard InChI is InChI=1S/C35H34N6O5S3/c1-41(25-33(42)38-29-20-22-31(23-21-29)49(45,46)40-30-18-11-19-32(24-30)48(37,43)44)34(36)39-47-35(26-12-5-2-6-13-26,27-14-7-3-8-15-27)28-16-9-4-10-17-28/h2-24,40H,25H2,1H3,(H2,36,39)(H,38,42)(H2,37,43,44). The number of nitrogens with zero attached hydrogens (tertiary/aromatic N) is 2. The number of amides is 1. The van der Waals surface area contributed by atoms with Gasteiger partial charge in [-0.2, -0.15) is 4.40 Å². The predicted octanol–water partition coefficient (Wildman–Crippen LogP) is 4.96. The van der Waals surface area contributed by atoms with Crippen molar-refractivity contribution in [2.24, 2.45) is 15.3 Å². The van der Waals surface area contributed by atoms with E-state index in [0.29, 0.717) is 5.69 Å². The number of carbonyl (C=O) groups is 1. The zero-order valence-electron chi connectivity index (χ0n) is 26.3. The molecule has 0 spiro atoms. The van der Waals surface area contributed by atoms with E-state index in [1.54, 1.807) is 7.05 Å². The lowest BCUT2D eigenvalue weighted by atomic mass is 9.84. The molecule has 1 amide bonds. The van der Waals surface area contributed by atoms with Crippen LogP contribution < -0.4 is 20.9 Å². The number of likely N-dealkylation sites (N-methyl/N-ethyl adjacent to an activating group) is 1. The number of hydrogen-bond donors (Lipinski definition) is 4. The first kappa shape index (κ1) is 35.2. The van der Waals surface area contributed by atoms with E-state index in [1.807, 2.05) is 91.0 Å². The second-order valence-electron chi connectivity index (χ2n) is 10.9. The summed E-state index contributed by atoms with van der Waals surface area (Å²) in [7, 11) is -6.43. The number of nitrogens with one attached hydrogen (secondary N) is 2. The third-order valence-electron chi connectivity index (χ3n) is 7.45. The molecule has 0 radical (unpaired) electrons. The summed E-state index contributed by atoms with van der Waals surface area (Å²) >= 11 is 1.29. The van der Waals surface area contributed by atoms with E-state index in [0.717, 1.165) is 22.8 Å². The monoisotopic (exact) mass is 714 g/mol. The molecule has 0 aromatic heterocycles. The van der Waals surface area contributed by atoms with Crippen molar-refractivity contribution in [3.63, 3.8) is 0 Å². The Balaban J connectivity index is 1.28. The SMILES string of the molecule is CN(CC(=O)Nc1ccc(S(=O)(=O)Nc2cccc(S(N)(=O)=O)c2)cc1)/C(N)=N/SC(c1ccccc1)(c1ccccc1)c1ccccc1. The van der Waals surface area contributed by atoms with Crippen LogP contribution in [0.25, 0.3) is 0 Å². The summed E-state index contributed by atoms with van der Waals surface area (Å²) in [6, 6.07) is 40.7. The van der Waals surface area contributed by atoms with Crippen molar-refractivity contribution in [1.29, 1.82) is 0 Å². The zero-order valence-corrected chi connectivity index (χ0v) is 28.8. The molecule has 0 atom stereocenters. The lowest BCUT2D eigenvalue weighted by Gasteiger charge is -2.33. The molecule has 0 saturated heterocycles. The minimum absolute atomic E-state index is 0.0258. The normalized spacial score (nSPS) is 12.2. The molecule has 11 nitrogen and oxygen atoms in total. The average Bonchev–Trinajstić information content (AvgIpc) is 3.09. The van der Waals surface area contributed by atoms with Gasteiger partial charge in [-0.15, -0.1) is 0 Å². The highest BCUT2D eigenvalue weighted by molar-refractivity contribution is 7.99. The summed E-state index contributed by atoms with van der Waals surface area (Å²) < 4.78 is 55.4. The van der Waals surface area contributed by atoms with Crippen LogP contribution in [0.15, 0.2) is 154 Å². The fourth-order valence-electron chi connectivity index (χ4n) is 5.03. The molecule has 0 heterocycles. The van der Waals surface area contributed by atoms with Crippen molar-refractivity contribution < 1.29 is 21.6 Å². The highest BCUT2D eigenvalue weighted by Crippen LogP contribution is 2.49. The quantitative estimate of drug-likeness (QED) is 0.0607. The van der Waals surface area contributed by atoms with Gasteiger partial charge in [0.1, 0.15) is 4.75 Å². The highest BCUT2D eigenvalue weighted by Gasteiger charge is 2.38. The molecule has 49 heavy (non-hydrogen) atoms. The predicted molar refractivity (Wildman–Crippen MR) is 195 cm³/mol. The maximum Gasteiger partial charge on any atom is 0.261 e. The number of rotatable bonds is 12. The molecule has 0 fully saturated rings. The van der Waals surface area contributed by atoms with E-state index < -0.39 is 30.7 Å². The van der Waals surface area contributed by atoms with Gasteiger partial charge in [-0.05, 0) is 71.1 Å². The van der Waals surface area contributed by atoms with Gasteiger partial charge in [0.15, 0.2) is 0 Å². The molecule has 0 aliphatic rings. The van der Waals surface area contributed by atoms with Gasteiger partial charge in [0.25, 0.3) is 10.0 Å². The summed E-state index contributed by atoms with van der Waals surface area (Å²) in [6.07, 6.45) is 0. The second-order valence-corrected chi connectivity index (χ2v) is 15.1. The number of sulfonamides is 2. The number of anilines is 2. The van der Waals surface area contributed by atoms with E-state index >= 15 is 0 Å². The number of hydrogen-bond acceptors (Lipinski definition) is 7. The molecule has 6 N–H and O–H groups in total.